The van der Waals surface area contributed by atoms with Gasteiger partial charge in [-0.05, 0) is 97.1 Å². The first-order valence-corrected chi connectivity index (χ1v) is 16.9. The summed E-state index contributed by atoms with van der Waals surface area (Å²) in [5.74, 6) is 1.14. The van der Waals surface area contributed by atoms with E-state index in [-0.39, 0.29) is 37.4 Å². The number of rotatable bonds is 6. The van der Waals surface area contributed by atoms with E-state index in [0.717, 1.165) is 0 Å². The van der Waals surface area contributed by atoms with Gasteiger partial charge in [0, 0.05) is 13.1 Å². The molecule has 0 fully saturated rings. The van der Waals surface area contributed by atoms with E-state index in [9.17, 15) is 9.59 Å². The molecule has 1 aromatic heterocycles. The lowest BCUT2D eigenvalue weighted by Crippen LogP contribution is -2.35. The fraction of sp³-hybridized carbons (Fsp3) is 0.150. The Balaban J connectivity index is 1.19. The number of carbonyl (C=O) groups is 2. The largest absolute Gasteiger partial charge is 0.497 e. The van der Waals surface area contributed by atoms with Gasteiger partial charge in [-0.2, -0.15) is 20.5 Å². The van der Waals surface area contributed by atoms with Crippen molar-refractivity contribution in [1.29, 1.82) is 0 Å². The first-order chi connectivity index (χ1) is 26.4. The number of para-hydroxylation sites is 2. The molecular formula is C40H34N8O6. The molecule has 0 bridgehead atoms. The van der Waals surface area contributed by atoms with Gasteiger partial charge in [0.15, 0.2) is 0 Å². The SMILES string of the molecule is COc1ccc(N=Nc2ccc3c(c2)C(=O)NCCNC(=O)c2cc(N=Nc4ccc(OC)cc4)ccc2OCc2nc4ccccc4nc2CO3)cc1. The Labute approximate surface area is 309 Å². The first-order valence-electron chi connectivity index (χ1n) is 16.9. The Morgan fingerprint density at radius 3 is 1.33 bits per heavy atom. The Bertz CT molecular complexity index is 2200. The van der Waals surface area contributed by atoms with Crippen LogP contribution >= 0.6 is 0 Å². The lowest BCUT2D eigenvalue weighted by atomic mass is 10.1. The van der Waals surface area contributed by atoms with Crippen LogP contribution in [0.1, 0.15) is 32.1 Å². The monoisotopic (exact) mass is 722 g/mol. The average Bonchev–Trinajstić information content (AvgIpc) is 3.22. The van der Waals surface area contributed by atoms with Crippen molar-refractivity contribution in [2.24, 2.45) is 20.5 Å². The number of amides is 2. The van der Waals surface area contributed by atoms with E-state index in [2.05, 4.69) is 31.1 Å². The molecule has 270 valence electrons. The Morgan fingerprint density at radius 1 is 0.537 bits per heavy atom. The maximum Gasteiger partial charge on any atom is 0.255 e. The van der Waals surface area contributed by atoms with Crippen molar-refractivity contribution >= 4 is 45.6 Å². The highest BCUT2D eigenvalue weighted by atomic mass is 16.5. The van der Waals surface area contributed by atoms with Gasteiger partial charge in [-0.1, -0.05) is 12.1 Å². The molecule has 6 aromatic rings. The van der Waals surface area contributed by atoms with Crippen molar-refractivity contribution in [3.63, 3.8) is 0 Å². The number of nitrogens with one attached hydrogen (secondary N) is 2. The molecule has 14 nitrogen and oxygen atoms in total. The summed E-state index contributed by atoms with van der Waals surface area (Å²) in [5, 5.41) is 23.0. The summed E-state index contributed by atoms with van der Waals surface area (Å²) in [4.78, 5) is 36.9. The third kappa shape index (κ3) is 8.45. The fourth-order valence-corrected chi connectivity index (χ4v) is 5.43. The molecule has 2 heterocycles. The zero-order valence-corrected chi connectivity index (χ0v) is 29.4. The summed E-state index contributed by atoms with van der Waals surface area (Å²) >= 11 is 0. The summed E-state index contributed by atoms with van der Waals surface area (Å²) < 4.78 is 22.9. The molecule has 54 heavy (non-hydrogen) atoms. The number of azo groups is 2. The molecule has 0 saturated heterocycles. The van der Waals surface area contributed by atoms with E-state index < -0.39 is 11.8 Å². The first kappa shape index (κ1) is 35.2. The van der Waals surface area contributed by atoms with Crippen molar-refractivity contribution in [2.75, 3.05) is 27.3 Å². The number of hydrogen-bond acceptors (Lipinski definition) is 12. The number of nitrogens with zero attached hydrogens (tertiary/aromatic N) is 6. The van der Waals surface area contributed by atoms with Crippen molar-refractivity contribution in [3.05, 3.63) is 132 Å². The van der Waals surface area contributed by atoms with Gasteiger partial charge >= 0.3 is 0 Å². The van der Waals surface area contributed by atoms with Crippen molar-refractivity contribution in [2.45, 2.75) is 13.2 Å². The van der Waals surface area contributed by atoms with Gasteiger partial charge in [0.2, 0.25) is 0 Å². The minimum Gasteiger partial charge on any atom is -0.497 e. The number of ether oxygens (including phenoxy) is 4. The van der Waals surface area contributed by atoms with Crippen LogP contribution in [0.5, 0.6) is 23.0 Å². The van der Waals surface area contributed by atoms with E-state index in [1.165, 1.54) is 0 Å². The fourth-order valence-electron chi connectivity index (χ4n) is 5.43. The second kappa shape index (κ2) is 16.4. The van der Waals surface area contributed by atoms with Crippen LogP contribution in [-0.2, 0) is 13.2 Å². The van der Waals surface area contributed by atoms with Crippen LogP contribution < -0.4 is 29.6 Å². The van der Waals surface area contributed by atoms with E-state index >= 15 is 0 Å². The van der Waals surface area contributed by atoms with Crippen LogP contribution in [0.3, 0.4) is 0 Å². The van der Waals surface area contributed by atoms with Crippen LogP contribution in [0.15, 0.2) is 130 Å². The minimum absolute atomic E-state index is 0.0262. The van der Waals surface area contributed by atoms with Crippen LogP contribution in [0.2, 0.25) is 0 Å². The second-order valence-electron chi connectivity index (χ2n) is 11.9. The standard InChI is InChI=1S/C40H34N8O6/c1-51-29-13-7-25(8-14-29)45-47-27-11-17-37-31(21-27)39(49)41-19-20-42-40(50)32-22-28(48-46-26-9-15-30(52-2)16-10-26)12-18-38(32)54-24-36-35(23-53-37)43-33-5-3-4-6-34(33)44-36/h3-18,21-22H,19-20,23-24H2,1-2H3,(H,41,49)(H,42,50). The van der Waals surface area contributed by atoms with Gasteiger partial charge in [0.1, 0.15) is 47.6 Å². The zero-order valence-electron chi connectivity index (χ0n) is 29.4. The molecule has 0 atom stereocenters. The molecule has 0 radical (unpaired) electrons. The highest BCUT2D eigenvalue weighted by molar-refractivity contribution is 5.99. The number of aromatic nitrogens is 2. The highest BCUT2D eigenvalue weighted by Crippen LogP contribution is 2.30. The molecule has 0 aliphatic carbocycles. The lowest BCUT2D eigenvalue weighted by Gasteiger charge is -2.17. The Kier molecular flexibility index (Phi) is 10.7. The van der Waals surface area contributed by atoms with E-state index in [0.29, 0.717) is 68.2 Å². The van der Waals surface area contributed by atoms with E-state index in [4.69, 9.17) is 28.9 Å². The summed E-state index contributed by atoms with van der Waals surface area (Å²) in [6, 6.07) is 31.6. The van der Waals surface area contributed by atoms with Gasteiger partial charge in [-0.25, -0.2) is 9.97 Å². The molecule has 14 heteroatoms. The zero-order chi connectivity index (χ0) is 37.3. The predicted molar refractivity (Wildman–Crippen MR) is 200 cm³/mol. The highest BCUT2D eigenvalue weighted by Gasteiger charge is 2.19. The molecule has 5 aromatic carbocycles. The molecular weight excluding hydrogens is 688 g/mol. The molecule has 0 spiro atoms. The van der Waals surface area contributed by atoms with Gasteiger partial charge in [-0.15, -0.1) is 0 Å². The number of hydrogen-bond donors (Lipinski definition) is 2. The molecule has 2 amide bonds. The summed E-state index contributed by atoms with van der Waals surface area (Å²) in [7, 11) is 3.18. The number of carbonyl (C=O) groups excluding carboxylic acids is 2. The van der Waals surface area contributed by atoms with Crippen molar-refractivity contribution in [1.82, 2.24) is 20.6 Å². The Morgan fingerprint density at radius 2 is 0.926 bits per heavy atom. The maximum absolute atomic E-state index is 13.6. The summed E-state index contributed by atoms with van der Waals surface area (Å²) in [6.45, 7) is 0.188. The number of benzene rings is 5. The number of fused-ring (bicyclic) bond motifs is 4. The van der Waals surface area contributed by atoms with Crippen LogP contribution in [0.25, 0.3) is 11.0 Å². The lowest BCUT2D eigenvalue weighted by molar-refractivity contribution is 0.0922. The summed E-state index contributed by atoms with van der Waals surface area (Å²) in [5.41, 5.74) is 4.84. The predicted octanol–water partition coefficient (Wildman–Crippen LogP) is 8.11. The van der Waals surface area contributed by atoms with Crippen molar-refractivity contribution in [3.8, 4) is 23.0 Å². The maximum atomic E-state index is 13.6. The molecule has 1 aliphatic heterocycles. The second-order valence-corrected chi connectivity index (χ2v) is 11.9. The van der Waals surface area contributed by atoms with Crippen LogP contribution in [0, 0.1) is 0 Å². The molecule has 2 N–H and O–H groups in total. The Hall–Kier alpha value is -7.22. The van der Waals surface area contributed by atoms with E-state index in [1.807, 2.05) is 24.3 Å². The third-order valence-corrected chi connectivity index (χ3v) is 8.27. The minimum atomic E-state index is -0.428. The van der Waals surface area contributed by atoms with Crippen LogP contribution in [0.4, 0.5) is 22.7 Å². The molecule has 0 saturated carbocycles. The molecule has 1 aliphatic rings. The smallest absolute Gasteiger partial charge is 0.255 e. The molecule has 0 unspecified atom stereocenters. The van der Waals surface area contributed by atoms with Gasteiger partial charge < -0.3 is 29.6 Å². The van der Waals surface area contributed by atoms with Gasteiger partial charge in [-0.3, -0.25) is 9.59 Å². The van der Waals surface area contributed by atoms with Crippen LogP contribution in [-0.4, -0.2) is 49.1 Å². The normalized spacial score (nSPS) is 13.6. The number of methoxy groups -OCH3 is 2. The average molecular weight is 723 g/mol. The quantitative estimate of drug-likeness (QED) is 0.162. The topological polar surface area (TPSA) is 170 Å². The van der Waals surface area contributed by atoms with Crippen molar-refractivity contribution < 1.29 is 28.5 Å². The molecule has 7 rings (SSSR count). The van der Waals surface area contributed by atoms with Gasteiger partial charge in [0.25, 0.3) is 11.8 Å². The summed E-state index contributed by atoms with van der Waals surface area (Å²) in [6.07, 6.45) is 0. The van der Waals surface area contributed by atoms with E-state index in [1.54, 1.807) is 99.1 Å². The van der Waals surface area contributed by atoms with Gasteiger partial charge in [0.05, 0.1) is 59.1 Å². The third-order valence-electron chi connectivity index (χ3n) is 8.27.